The number of ketones is 1. The van der Waals surface area contributed by atoms with Crippen LogP contribution in [0.5, 0.6) is 0 Å². The molecule has 0 unspecified atom stereocenters. The number of halogens is 2. The van der Waals surface area contributed by atoms with Crippen molar-refractivity contribution in [1.82, 2.24) is 5.32 Å². The molecule has 2 nitrogen and oxygen atoms in total. The van der Waals surface area contributed by atoms with Crippen LogP contribution >= 0.6 is 11.6 Å². The second kappa shape index (κ2) is 5.83. The second-order valence-electron chi connectivity index (χ2n) is 3.28. The lowest BCUT2D eigenvalue weighted by Gasteiger charge is -2.03. The summed E-state index contributed by atoms with van der Waals surface area (Å²) in [5.74, 6) is -0.484. The first-order valence-corrected chi connectivity index (χ1v) is 5.12. The van der Waals surface area contributed by atoms with Gasteiger partial charge in [-0.25, -0.2) is 4.39 Å². The summed E-state index contributed by atoms with van der Waals surface area (Å²) in [6, 6.07) is 4.70. The van der Waals surface area contributed by atoms with Crippen molar-refractivity contribution < 1.29 is 9.18 Å². The molecule has 0 aliphatic rings. The van der Waals surface area contributed by atoms with Gasteiger partial charge in [-0.05, 0) is 18.7 Å². The monoisotopic (exact) mass is 229 g/mol. The fourth-order valence-corrected chi connectivity index (χ4v) is 1.44. The quantitative estimate of drug-likeness (QED) is 0.839. The van der Waals surface area contributed by atoms with Crippen LogP contribution in [0.1, 0.15) is 12.0 Å². The van der Waals surface area contributed by atoms with Crippen LogP contribution in [0.25, 0.3) is 0 Å². The van der Waals surface area contributed by atoms with Crippen molar-refractivity contribution in [2.45, 2.75) is 12.8 Å². The number of benzene rings is 1. The van der Waals surface area contributed by atoms with E-state index in [1.165, 1.54) is 6.07 Å². The molecular weight excluding hydrogens is 217 g/mol. The number of carbonyl (C=O) groups excluding carboxylic acids is 1. The average molecular weight is 230 g/mol. The molecule has 1 aromatic rings. The largest absolute Gasteiger partial charge is 0.319 e. The lowest BCUT2D eigenvalue weighted by Crippen LogP contribution is -2.14. The highest BCUT2D eigenvalue weighted by Gasteiger charge is 2.09. The van der Waals surface area contributed by atoms with Gasteiger partial charge in [-0.2, -0.15) is 0 Å². The van der Waals surface area contributed by atoms with Gasteiger partial charge in [0.15, 0.2) is 0 Å². The molecule has 0 saturated heterocycles. The Bertz CT molecular complexity index is 354. The average Bonchev–Trinajstić information content (AvgIpc) is 2.22. The Morgan fingerprint density at radius 3 is 2.93 bits per heavy atom. The number of hydrogen-bond donors (Lipinski definition) is 1. The van der Waals surface area contributed by atoms with E-state index in [1.54, 1.807) is 19.2 Å². The first-order chi connectivity index (χ1) is 7.15. The molecule has 15 heavy (non-hydrogen) atoms. The summed E-state index contributed by atoms with van der Waals surface area (Å²) in [6.45, 7) is 0.612. The van der Waals surface area contributed by atoms with Crippen molar-refractivity contribution in [3.63, 3.8) is 0 Å². The first kappa shape index (κ1) is 12.1. The molecule has 0 amide bonds. The van der Waals surface area contributed by atoms with Gasteiger partial charge in [0.25, 0.3) is 0 Å². The third-order valence-electron chi connectivity index (χ3n) is 2.07. The summed E-state index contributed by atoms with van der Waals surface area (Å²) in [4.78, 5) is 11.4. The molecule has 0 bridgehead atoms. The van der Waals surface area contributed by atoms with Gasteiger partial charge in [0.2, 0.25) is 0 Å². The first-order valence-electron chi connectivity index (χ1n) is 4.74. The summed E-state index contributed by atoms with van der Waals surface area (Å²) in [5.41, 5.74) is 0.364. The minimum Gasteiger partial charge on any atom is -0.319 e. The fourth-order valence-electron chi connectivity index (χ4n) is 1.25. The second-order valence-corrected chi connectivity index (χ2v) is 3.69. The van der Waals surface area contributed by atoms with E-state index in [9.17, 15) is 9.18 Å². The van der Waals surface area contributed by atoms with E-state index in [0.29, 0.717) is 18.5 Å². The van der Waals surface area contributed by atoms with Crippen molar-refractivity contribution >= 4 is 17.4 Å². The minimum atomic E-state index is -0.489. The summed E-state index contributed by atoms with van der Waals surface area (Å²) in [7, 11) is 1.77. The predicted octanol–water partition coefficient (Wildman–Crippen LogP) is 2.20. The van der Waals surface area contributed by atoms with Gasteiger partial charge < -0.3 is 5.32 Å². The smallest absolute Gasteiger partial charge is 0.145 e. The zero-order chi connectivity index (χ0) is 11.3. The maximum Gasteiger partial charge on any atom is 0.145 e. The summed E-state index contributed by atoms with van der Waals surface area (Å²) < 4.78 is 13.4. The minimum absolute atomic E-state index is 0.00511. The summed E-state index contributed by atoms with van der Waals surface area (Å²) in [6.07, 6.45) is 0.510. The van der Waals surface area contributed by atoms with Crippen LogP contribution < -0.4 is 5.32 Å². The van der Waals surface area contributed by atoms with Gasteiger partial charge in [0.05, 0.1) is 5.02 Å². The van der Waals surface area contributed by atoms with Crippen molar-refractivity contribution in [2.24, 2.45) is 0 Å². The zero-order valence-electron chi connectivity index (χ0n) is 8.52. The SMILES string of the molecule is CNCCC(=O)Cc1cccc(Cl)c1F. The Hall–Kier alpha value is -0.930. The fraction of sp³-hybridized carbons (Fsp3) is 0.364. The molecule has 0 fully saturated rings. The molecule has 1 rings (SSSR count). The summed E-state index contributed by atoms with van der Waals surface area (Å²) >= 11 is 5.60. The van der Waals surface area contributed by atoms with Crippen LogP contribution in [0.15, 0.2) is 18.2 Å². The Balaban J connectivity index is 2.64. The van der Waals surface area contributed by atoms with Crippen molar-refractivity contribution in [3.8, 4) is 0 Å². The van der Waals surface area contributed by atoms with E-state index in [4.69, 9.17) is 11.6 Å². The molecule has 0 spiro atoms. The van der Waals surface area contributed by atoms with Crippen LogP contribution in [0.4, 0.5) is 4.39 Å². The standard InChI is InChI=1S/C11H13ClFNO/c1-14-6-5-9(15)7-8-3-2-4-10(12)11(8)13/h2-4,14H,5-7H2,1H3. The molecule has 0 radical (unpaired) electrons. The van der Waals surface area contributed by atoms with Gasteiger partial charge >= 0.3 is 0 Å². The van der Waals surface area contributed by atoms with E-state index in [1.807, 2.05) is 0 Å². The molecule has 0 heterocycles. The van der Waals surface area contributed by atoms with E-state index >= 15 is 0 Å². The van der Waals surface area contributed by atoms with Crippen molar-refractivity contribution in [1.29, 1.82) is 0 Å². The Labute approximate surface area is 93.4 Å². The van der Waals surface area contributed by atoms with Crippen LogP contribution in [-0.2, 0) is 11.2 Å². The van der Waals surface area contributed by atoms with Gasteiger partial charge in [-0.3, -0.25) is 4.79 Å². The molecule has 4 heteroatoms. The third-order valence-corrected chi connectivity index (χ3v) is 2.36. The molecule has 1 N–H and O–H groups in total. The summed E-state index contributed by atoms with van der Waals surface area (Å²) in [5, 5.41) is 2.93. The Morgan fingerprint density at radius 2 is 2.27 bits per heavy atom. The lowest BCUT2D eigenvalue weighted by atomic mass is 10.1. The highest BCUT2D eigenvalue weighted by Crippen LogP contribution is 2.18. The molecule has 82 valence electrons. The number of hydrogen-bond acceptors (Lipinski definition) is 2. The highest BCUT2D eigenvalue weighted by molar-refractivity contribution is 6.30. The molecule has 0 atom stereocenters. The molecular formula is C11H13ClFNO. The van der Waals surface area contributed by atoms with Crippen LogP contribution in [0.3, 0.4) is 0 Å². The Kier molecular flexibility index (Phi) is 4.72. The van der Waals surface area contributed by atoms with Crippen LogP contribution in [0, 0.1) is 5.82 Å². The zero-order valence-corrected chi connectivity index (χ0v) is 9.27. The van der Waals surface area contributed by atoms with Crippen LogP contribution in [-0.4, -0.2) is 19.4 Å². The van der Waals surface area contributed by atoms with E-state index in [-0.39, 0.29) is 17.2 Å². The number of rotatable bonds is 5. The normalized spacial score (nSPS) is 10.3. The predicted molar refractivity (Wildman–Crippen MR) is 58.7 cm³/mol. The number of Topliss-reactive ketones (excluding diaryl/α,β-unsaturated/α-hetero) is 1. The number of nitrogens with one attached hydrogen (secondary N) is 1. The molecule has 0 aromatic heterocycles. The number of carbonyl (C=O) groups is 1. The maximum absolute atomic E-state index is 13.4. The highest BCUT2D eigenvalue weighted by atomic mass is 35.5. The van der Waals surface area contributed by atoms with Gasteiger partial charge in [0, 0.05) is 19.4 Å². The Morgan fingerprint density at radius 1 is 1.53 bits per heavy atom. The van der Waals surface area contributed by atoms with Crippen molar-refractivity contribution in [2.75, 3.05) is 13.6 Å². The molecule has 1 aromatic carbocycles. The van der Waals surface area contributed by atoms with Crippen LogP contribution in [0.2, 0.25) is 5.02 Å². The van der Waals surface area contributed by atoms with Crippen molar-refractivity contribution in [3.05, 3.63) is 34.6 Å². The van der Waals surface area contributed by atoms with Gasteiger partial charge in [0.1, 0.15) is 11.6 Å². The van der Waals surface area contributed by atoms with E-state index in [2.05, 4.69) is 5.32 Å². The molecule has 0 saturated carbocycles. The van der Waals surface area contributed by atoms with Gasteiger partial charge in [-0.1, -0.05) is 23.7 Å². The molecule has 0 aliphatic carbocycles. The topological polar surface area (TPSA) is 29.1 Å². The molecule has 0 aliphatic heterocycles. The van der Waals surface area contributed by atoms with Gasteiger partial charge in [-0.15, -0.1) is 0 Å². The maximum atomic E-state index is 13.4. The third kappa shape index (κ3) is 3.61. The lowest BCUT2D eigenvalue weighted by molar-refractivity contribution is -0.118. The van der Waals surface area contributed by atoms with E-state index < -0.39 is 5.82 Å². The van der Waals surface area contributed by atoms with E-state index in [0.717, 1.165) is 0 Å².